The molecule has 0 aliphatic carbocycles. The van der Waals surface area contributed by atoms with Gasteiger partial charge in [-0.2, -0.15) is 0 Å². The molecule has 38 heavy (non-hydrogen) atoms. The molecule has 0 saturated carbocycles. The minimum Gasteiger partial charge on any atom is -0.388 e. The average molecular weight is 513 g/mol. The fraction of sp³-hybridized carbons (Fsp3) is 0.367. The predicted molar refractivity (Wildman–Crippen MR) is 152 cm³/mol. The molecule has 8 heteroatoms. The second-order valence-electron chi connectivity index (χ2n) is 10.5. The van der Waals surface area contributed by atoms with Crippen LogP contribution in [0.2, 0.25) is 0 Å². The monoisotopic (exact) mass is 512 g/mol. The number of aryl methyl sites for hydroxylation is 1. The number of amides is 1. The van der Waals surface area contributed by atoms with Gasteiger partial charge in [0.25, 0.3) is 11.5 Å². The van der Waals surface area contributed by atoms with Crippen LogP contribution in [0.4, 0.5) is 5.69 Å². The van der Waals surface area contributed by atoms with Gasteiger partial charge in [-0.05, 0) is 68.1 Å². The molecule has 5 rings (SSSR count). The van der Waals surface area contributed by atoms with E-state index in [0.717, 1.165) is 53.9 Å². The highest BCUT2D eigenvalue weighted by Gasteiger charge is 2.27. The fourth-order valence-electron chi connectivity index (χ4n) is 5.58. The predicted octanol–water partition coefficient (Wildman–Crippen LogP) is 4.24. The number of aromatic nitrogens is 3. The SMILES string of the molecule is CNc1ccn(-c2ccnc3c2cc(CN2CC[C@@H](c4ccc(C(=O)N(C)C)cc4)C[C@@H]2C)n3C)c(=O)c1. The molecule has 1 aromatic carbocycles. The summed E-state index contributed by atoms with van der Waals surface area (Å²) in [6, 6.07) is 16.1. The van der Waals surface area contributed by atoms with Crippen LogP contribution in [-0.4, -0.2) is 63.6 Å². The number of nitrogens with one attached hydrogen (secondary N) is 1. The topological polar surface area (TPSA) is 75.4 Å². The first-order valence-corrected chi connectivity index (χ1v) is 13.2. The summed E-state index contributed by atoms with van der Waals surface area (Å²) in [6.45, 7) is 4.12. The fourth-order valence-corrected chi connectivity index (χ4v) is 5.58. The van der Waals surface area contributed by atoms with E-state index in [4.69, 9.17) is 0 Å². The van der Waals surface area contributed by atoms with E-state index in [1.165, 1.54) is 11.3 Å². The second-order valence-corrected chi connectivity index (χ2v) is 10.5. The summed E-state index contributed by atoms with van der Waals surface area (Å²) in [5.41, 5.74) is 5.64. The highest BCUT2D eigenvalue weighted by atomic mass is 16.2. The first-order chi connectivity index (χ1) is 18.3. The van der Waals surface area contributed by atoms with Gasteiger partial charge in [0.2, 0.25) is 0 Å². The zero-order chi connectivity index (χ0) is 27.0. The molecule has 0 unspecified atom stereocenters. The van der Waals surface area contributed by atoms with Crippen LogP contribution in [0.25, 0.3) is 16.7 Å². The van der Waals surface area contributed by atoms with Gasteiger partial charge in [0, 0.05) is 81.6 Å². The molecular formula is C30H36N6O2. The van der Waals surface area contributed by atoms with Crippen LogP contribution < -0.4 is 10.9 Å². The van der Waals surface area contributed by atoms with E-state index in [1.54, 1.807) is 42.9 Å². The van der Waals surface area contributed by atoms with Crippen molar-refractivity contribution in [2.75, 3.05) is 33.0 Å². The van der Waals surface area contributed by atoms with Crippen molar-refractivity contribution in [1.82, 2.24) is 23.9 Å². The van der Waals surface area contributed by atoms with E-state index < -0.39 is 0 Å². The third kappa shape index (κ3) is 4.84. The Balaban J connectivity index is 1.34. The lowest BCUT2D eigenvalue weighted by Crippen LogP contribution is -2.39. The molecule has 1 amide bonds. The van der Waals surface area contributed by atoms with Crippen molar-refractivity contribution >= 4 is 22.6 Å². The number of carbonyl (C=O) groups is 1. The first kappa shape index (κ1) is 25.7. The van der Waals surface area contributed by atoms with Crippen molar-refractivity contribution < 1.29 is 4.79 Å². The zero-order valence-electron chi connectivity index (χ0n) is 22.8. The van der Waals surface area contributed by atoms with Gasteiger partial charge in [0.15, 0.2) is 0 Å². The van der Waals surface area contributed by atoms with E-state index in [2.05, 4.69) is 51.9 Å². The maximum atomic E-state index is 12.8. The smallest absolute Gasteiger partial charge is 0.257 e. The van der Waals surface area contributed by atoms with E-state index in [9.17, 15) is 9.59 Å². The molecule has 1 fully saturated rings. The molecule has 3 aromatic heterocycles. The molecule has 4 heterocycles. The van der Waals surface area contributed by atoms with Crippen LogP contribution in [0.3, 0.4) is 0 Å². The van der Waals surface area contributed by atoms with E-state index in [0.29, 0.717) is 12.0 Å². The van der Waals surface area contributed by atoms with Crippen LogP contribution in [0.5, 0.6) is 0 Å². The molecule has 0 bridgehead atoms. The number of rotatable bonds is 6. The highest BCUT2D eigenvalue weighted by Crippen LogP contribution is 2.33. The van der Waals surface area contributed by atoms with Gasteiger partial charge in [-0.15, -0.1) is 0 Å². The normalized spacial score (nSPS) is 18.0. The van der Waals surface area contributed by atoms with Crippen LogP contribution in [0.1, 0.15) is 47.3 Å². The first-order valence-electron chi connectivity index (χ1n) is 13.2. The van der Waals surface area contributed by atoms with Crippen molar-refractivity contribution in [3.8, 4) is 5.69 Å². The minimum absolute atomic E-state index is 0.0344. The molecule has 0 spiro atoms. The molecule has 0 radical (unpaired) electrons. The summed E-state index contributed by atoms with van der Waals surface area (Å²) in [7, 11) is 7.42. The maximum Gasteiger partial charge on any atom is 0.257 e. The van der Waals surface area contributed by atoms with E-state index in [1.807, 2.05) is 30.5 Å². The Bertz CT molecular complexity index is 1520. The number of pyridine rings is 2. The van der Waals surface area contributed by atoms with Crippen LogP contribution in [0, 0.1) is 0 Å². The number of fused-ring (bicyclic) bond motifs is 1. The summed E-state index contributed by atoms with van der Waals surface area (Å²) in [4.78, 5) is 33.8. The summed E-state index contributed by atoms with van der Waals surface area (Å²) < 4.78 is 3.82. The maximum absolute atomic E-state index is 12.8. The summed E-state index contributed by atoms with van der Waals surface area (Å²) >= 11 is 0. The summed E-state index contributed by atoms with van der Waals surface area (Å²) in [5.74, 6) is 0.519. The highest BCUT2D eigenvalue weighted by molar-refractivity contribution is 5.93. The summed E-state index contributed by atoms with van der Waals surface area (Å²) in [6.07, 6.45) is 5.73. The molecular weight excluding hydrogens is 476 g/mol. The third-order valence-electron chi connectivity index (χ3n) is 7.89. The molecule has 2 atom stereocenters. The molecule has 4 aromatic rings. The zero-order valence-corrected chi connectivity index (χ0v) is 22.8. The third-order valence-corrected chi connectivity index (χ3v) is 7.89. The molecule has 1 aliphatic heterocycles. The molecule has 1 N–H and O–H groups in total. The lowest BCUT2D eigenvalue weighted by molar-refractivity contribution is 0.0827. The van der Waals surface area contributed by atoms with Gasteiger partial charge in [-0.3, -0.25) is 19.1 Å². The summed E-state index contributed by atoms with van der Waals surface area (Å²) in [5, 5.41) is 3.99. The van der Waals surface area contributed by atoms with Crippen molar-refractivity contribution in [3.63, 3.8) is 0 Å². The van der Waals surface area contributed by atoms with E-state index in [-0.39, 0.29) is 11.5 Å². The van der Waals surface area contributed by atoms with Crippen molar-refractivity contribution in [2.24, 2.45) is 7.05 Å². The van der Waals surface area contributed by atoms with Gasteiger partial charge < -0.3 is 14.8 Å². The molecule has 198 valence electrons. The van der Waals surface area contributed by atoms with Crippen molar-refractivity contribution in [3.05, 3.63) is 88.1 Å². The lowest BCUT2D eigenvalue weighted by atomic mass is 9.85. The number of likely N-dealkylation sites (tertiary alicyclic amines) is 1. The standard InChI is InChI=1S/C30H36N6O2/c1-20-16-23(21-6-8-22(9-7-21)30(38)33(3)4)11-14-35(20)19-25-18-26-27(10-13-32-29(26)34(25)5)36-15-12-24(31-2)17-28(36)37/h6-10,12-13,15,17-18,20,23,31H,11,14,16,19H2,1-5H3/t20-,23+/m0/s1. The number of hydrogen-bond acceptors (Lipinski definition) is 5. The number of hydrogen-bond donors (Lipinski definition) is 1. The van der Waals surface area contributed by atoms with E-state index >= 15 is 0 Å². The number of nitrogens with zero attached hydrogens (tertiary/aromatic N) is 5. The van der Waals surface area contributed by atoms with Gasteiger partial charge in [0.05, 0.1) is 5.69 Å². The quantitative estimate of drug-likeness (QED) is 0.418. The Morgan fingerprint density at radius 2 is 1.89 bits per heavy atom. The molecule has 8 nitrogen and oxygen atoms in total. The number of carbonyl (C=O) groups excluding carboxylic acids is 1. The minimum atomic E-state index is -0.0791. The van der Waals surface area contributed by atoms with Gasteiger partial charge in [-0.25, -0.2) is 4.98 Å². The Morgan fingerprint density at radius 3 is 2.55 bits per heavy atom. The number of benzene rings is 1. The van der Waals surface area contributed by atoms with Crippen molar-refractivity contribution in [2.45, 2.75) is 38.3 Å². The second kappa shape index (κ2) is 10.5. The van der Waals surface area contributed by atoms with Crippen LogP contribution >= 0.6 is 0 Å². The number of anilines is 1. The Labute approximate surface area is 223 Å². The lowest BCUT2D eigenvalue weighted by Gasteiger charge is -2.38. The molecule has 1 saturated heterocycles. The van der Waals surface area contributed by atoms with Gasteiger partial charge in [0.1, 0.15) is 5.65 Å². The largest absolute Gasteiger partial charge is 0.388 e. The van der Waals surface area contributed by atoms with Crippen LogP contribution in [-0.2, 0) is 13.6 Å². The number of piperidine rings is 1. The Hall–Kier alpha value is -3.91. The Kier molecular flexibility index (Phi) is 7.08. The van der Waals surface area contributed by atoms with Gasteiger partial charge in [-0.1, -0.05) is 12.1 Å². The molecule has 1 aliphatic rings. The van der Waals surface area contributed by atoms with Gasteiger partial charge >= 0.3 is 0 Å². The van der Waals surface area contributed by atoms with Crippen molar-refractivity contribution in [1.29, 1.82) is 0 Å². The Morgan fingerprint density at radius 1 is 1.13 bits per heavy atom. The van der Waals surface area contributed by atoms with Crippen LogP contribution in [0.15, 0.2) is 65.7 Å². The average Bonchev–Trinajstić information content (AvgIpc) is 3.24.